The Morgan fingerprint density at radius 1 is 1.18 bits per heavy atom. The van der Waals surface area contributed by atoms with Crippen molar-refractivity contribution >= 4 is 23.5 Å². The fourth-order valence-corrected chi connectivity index (χ4v) is 5.81. The Morgan fingerprint density at radius 2 is 1.82 bits per heavy atom. The molecule has 4 rings (SSSR count). The number of carbonyl (C=O) groups is 3. The molecule has 2 aromatic rings. The van der Waals surface area contributed by atoms with Gasteiger partial charge in [-0.2, -0.15) is 5.26 Å². The number of rotatable bonds is 7. The molecule has 2 amide bonds. The summed E-state index contributed by atoms with van der Waals surface area (Å²) in [5, 5.41) is 22.6. The number of hydrogen-bond donors (Lipinski definition) is 1. The van der Waals surface area contributed by atoms with Crippen molar-refractivity contribution in [2.45, 2.75) is 71.5 Å². The Morgan fingerprint density at radius 3 is 2.40 bits per heavy atom. The van der Waals surface area contributed by atoms with Gasteiger partial charge in [0.25, 0.3) is 11.8 Å². The van der Waals surface area contributed by atoms with Gasteiger partial charge in [-0.1, -0.05) is 45.0 Å². The van der Waals surface area contributed by atoms with E-state index < -0.39 is 11.6 Å². The van der Waals surface area contributed by atoms with E-state index in [1.807, 2.05) is 30.0 Å². The van der Waals surface area contributed by atoms with E-state index in [4.69, 9.17) is 4.99 Å². The van der Waals surface area contributed by atoms with E-state index in [-0.39, 0.29) is 65.8 Å². The van der Waals surface area contributed by atoms with Crippen LogP contribution in [0.5, 0.6) is 0 Å². The van der Waals surface area contributed by atoms with Gasteiger partial charge in [0.2, 0.25) is 0 Å². The van der Waals surface area contributed by atoms with E-state index in [9.17, 15) is 24.8 Å². The Balaban J connectivity index is 0.00000441. The molecule has 0 bridgehead atoms. The molecule has 0 saturated heterocycles. The summed E-state index contributed by atoms with van der Waals surface area (Å²) < 4.78 is 0. The first kappa shape index (κ1) is 31.5. The van der Waals surface area contributed by atoms with Gasteiger partial charge in [-0.25, -0.2) is 0 Å². The Kier molecular flexibility index (Phi) is 9.99. The van der Waals surface area contributed by atoms with E-state index in [1.165, 1.54) is 0 Å². The quantitative estimate of drug-likeness (QED) is 0.510. The van der Waals surface area contributed by atoms with Gasteiger partial charge in [0.05, 0.1) is 17.7 Å². The third-order valence-electron chi connectivity index (χ3n) is 8.12. The SMILES string of the molecule is C[C@H](c1ccc(C(=O)NCCC(=O)[O-])cc1)N1C(=O)C(c2cccc(C#N)c2)=NC12CCC(C(C)(C)C)CC2.[Na+]. The first-order valence-electron chi connectivity index (χ1n) is 13.5. The van der Waals surface area contributed by atoms with Crippen molar-refractivity contribution in [3.63, 3.8) is 0 Å². The maximum absolute atomic E-state index is 14.0. The molecule has 8 nitrogen and oxygen atoms in total. The van der Waals surface area contributed by atoms with Gasteiger partial charge in [-0.15, -0.1) is 0 Å². The van der Waals surface area contributed by atoms with Gasteiger partial charge in [0, 0.05) is 30.1 Å². The largest absolute Gasteiger partial charge is 1.00 e. The number of carboxylic acids is 1. The standard InChI is InChI=1S/C31H36N4O4.Na/c1-20(22-8-10-23(11-9-22)28(38)33-17-14-26(36)37)35-29(39)27(24-7-5-6-21(18-24)19-32)34-31(35)15-12-25(13-16-31)30(2,3)4;/h5-11,18,20,25H,12-17H2,1-4H3,(H,33,38)(H,36,37);/q;+1/p-1/t20-,25?,31?;/m1./s1. The molecule has 204 valence electrons. The van der Waals surface area contributed by atoms with Gasteiger partial charge < -0.3 is 20.1 Å². The maximum Gasteiger partial charge on any atom is 1.00 e. The number of nitriles is 1. The summed E-state index contributed by atoms with van der Waals surface area (Å²) >= 11 is 0. The molecule has 1 saturated carbocycles. The Labute approximate surface area is 258 Å². The number of aliphatic carboxylic acids is 1. The molecule has 0 aromatic heterocycles. The third kappa shape index (κ3) is 6.65. The fourth-order valence-electron chi connectivity index (χ4n) is 5.81. The summed E-state index contributed by atoms with van der Waals surface area (Å²) in [5.74, 6) is -1.21. The second-order valence-corrected chi connectivity index (χ2v) is 11.6. The zero-order valence-corrected chi connectivity index (χ0v) is 26.0. The summed E-state index contributed by atoms with van der Waals surface area (Å²) in [5.41, 5.74) is 2.29. The minimum absolute atomic E-state index is 0. The third-order valence-corrected chi connectivity index (χ3v) is 8.12. The van der Waals surface area contributed by atoms with Gasteiger partial charge in [-0.3, -0.25) is 14.6 Å². The average Bonchev–Trinajstić information content (AvgIpc) is 3.18. The molecule has 0 unspecified atom stereocenters. The van der Waals surface area contributed by atoms with Crippen LogP contribution in [-0.2, 0) is 9.59 Å². The van der Waals surface area contributed by atoms with Crippen molar-refractivity contribution in [3.8, 4) is 6.07 Å². The van der Waals surface area contributed by atoms with Crippen LogP contribution in [0.3, 0.4) is 0 Å². The molecule has 1 fully saturated rings. The predicted molar refractivity (Wildman–Crippen MR) is 145 cm³/mol. The normalized spacial score (nSPS) is 21.3. The second-order valence-electron chi connectivity index (χ2n) is 11.6. The molecule has 2 aliphatic rings. The number of carbonyl (C=O) groups excluding carboxylic acids is 3. The number of benzene rings is 2. The molecule has 1 aliphatic carbocycles. The topological polar surface area (TPSA) is 126 Å². The molecule has 1 atom stereocenters. The molecule has 1 N–H and O–H groups in total. The number of nitrogens with zero attached hydrogens (tertiary/aromatic N) is 3. The van der Waals surface area contributed by atoms with Gasteiger partial charge in [0.15, 0.2) is 0 Å². The minimum atomic E-state index is -1.22. The summed E-state index contributed by atoms with van der Waals surface area (Å²) in [6, 6.07) is 15.9. The van der Waals surface area contributed by atoms with Crippen molar-refractivity contribution in [3.05, 3.63) is 70.8 Å². The Hall–Kier alpha value is -2.99. The van der Waals surface area contributed by atoms with Crippen LogP contribution in [0.15, 0.2) is 53.5 Å². The van der Waals surface area contributed by atoms with E-state index in [0.29, 0.717) is 28.3 Å². The minimum Gasteiger partial charge on any atom is -0.550 e. The average molecular weight is 551 g/mol. The van der Waals surface area contributed by atoms with Crippen molar-refractivity contribution in [2.24, 2.45) is 16.3 Å². The smallest absolute Gasteiger partial charge is 0.550 e. The summed E-state index contributed by atoms with van der Waals surface area (Å²) in [6.07, 6.45) is 3.17. The number of hydrogen-bond acceptors (Lipinski definition) is 6. The predicted octanol–water partition coefficient (Wildman–Crippen LogP) is 0.757. The molecular formula is C31H35N4NaO4. The molecule has 1 spiro atoms. The number of amides is 2. The van der Waals surface area contributed by atoms with E-state index in [2.05, 4.69) is 32.2 Å². The van der Waals surface area contributed by atoms with Crippen LogP contribution in [0.2, 0.25) is 0 Å². The van der Waals surface area contributed by atoms with E-state index in [0.717, 1.165) is 31.2 Å². The van der Waals surface area contributed by atoms with Crippen LogP contribution in [0, 0.1) is 22.7 Å². The van der Waals surface area contributed by atoms with Crippen LogP contribution in [0.1, 0.15) is 92.9 Å². The van der Waals surface area contributed by atoms with Crippen LogP contribution < -0.4 is 40.0 Å². The monoisotopic (exact) mass is 550 g/mol. The zero-order chi connectivity index (χ0) is 28.4. The first-order valence-corrected chi connectivity index (χ1v) is 13.5. The van der Waals surface area contributed by atoms with Crippen LogP contribution in [-0.4, -0.2) is 40.6 Å². The number of nitrogens with one attached hydrogen (secondary N) is 1. The van der Waals surface area contributed by atoms with Crippen molar-refractivity contribution in [1.82, 2.24) is 10.2 Å². The van der Waals surface area contributed by atoms with Crippen LogP contribution >= 0.6 is 0 Å². The van der Waals surface area contributed by atoms with E-state index >= 15 is 0 Å². The fraction of sp³-hybridized carbons (Fsp3) is 0.452. The van der Waals surface area contributed by atoms with Crippen molar-refractivity contribution in [2.75, 3.05) is 6.54 Å². The molecule has 40 heavy (non-hydrogen) atoms. The van der Waals surface area contributed by atoms with Gasteiger partial charge >= 0.3 is 29.6 Å². The van der Waals surface area contributed by atoms with Gasteiger partial charge in [0.1, 0.15) is 11.4 Å². The van der Waals surface area contributed by atoms with Crippen LogP contribution in [0.25, 0.3) is 0 Å². The number of aliphatic imine (C=N–C) groups is 1. The van der Waals surface area contributed by atoms with Gasteiger partial charge in [-0.05, 0) is 73.8 Å². The zero-order valence-electron chi connectivity index (χ0n) is 24.0. The second kappa shape index (κ2) is 12.7. The molecule has 9 heteroatoms. The molecule has 2 aromatic carbocycles. The van der Waals surface area contributed by atoms with Crippen molar-refractivity contribution < 1.29 is 49.0 Å². The van der Waals surface area contributed by atoms with Crippen molar-refractivity contribution in [1.29, 1.82) is 5.26 Å². The molecule has 1 heterocycles. The summed E-state index contributed by atoms with van der Waals surface area (Å²) in [4.78, 5) is 44.0. The molecule has 1 aliphatic heterocycles. The maximum atomic E-state index is 14.0. The Bertz CT molecular complexity index is 1330. The van der Waals surface area contributed by atoms with E-state index in [1.54, 1.807) is 30.3 Å². The first-order chi connectivity index (χ1) is 18.4. The summed E-state index contributed by atoms with van der Waals surface area (Å²) in [6.45, 7) is 8.75. The van der Waals surface area contributed by atoms with Crippen LogP contribution in [0.4, 0.5) is 0 Å². The molecule has 0 radical (unpaired) electrons. The molecular weight excluding hydrogens is 515 g/mol. The number of carboxylic acid groups (broad SMARTS) is 1. The summed E-state index contributed by atoms with van der Waals surface area (Å²) in [7, 11) is 0.